The van der Waals surface area contributed by atoms with Gasteiger partial charge < -0.3 is 4.74 Å². The van der Waals surface area contributed by atoms with E-state index in [1.807, 2.05) is 44.2 Å². The lowest BCUT2D eigenvalue weighted by atomic mass is 10.1. The molecule has 6 nitrogen and oxygen atoms in total. The molecular formula is C22H29N3O3. The first-order chi connectivity index (χ1) is 13.4. The summed E-state index contributed by atoms with van der Waals surface area (Å²) in [6, 6.07) is 13.2. The largest absolute Gasteiger partial charge is 0.483 e. The van der Waals surface area contributed by atoms with Crippen LogP contribution < -0.4 is 15.6 Å². The summed E-state index contributed by atoms with van der Waals surface area (Å²) in [6.07, 6.45) is 0. The maximum absolute atomic E-state index is 12.2. The van der Waals surface area contributed by atoms with Gasteiger partial charge in [-0.2, -0.15) is 0 Å². The van der Waals surface area contributed by atoms with Crippen LogP contribution in [0.1, 0.15) is 40.9 Å². The topological polar surface area (TPSA) is 70.7 Å². The van der Waals surface area contributed by atoms with Gasteiger partial charge in [-0.1, -0.05) is 44.2 Å². The fraction of sp³-hybridized carbons (Fsp3) is 0.364. The molecule has 0 aliphatic carbocycles. The second-order valence-corrected chi connectivity index (χ2v) is 6.67. The lowest BCUT2D eigenvalue weighted by molar-refractivity contribution is -0.123. The maximum atomic E-state index is 12.2. The molecule has 0 atom stereocenters. The second-order valence-electron chi connectivity index (χ2n) is 6.67. The minimum Gasteiger partial charge on any atom is -0.483 e. The van der Waals surface area contributed by atoms with Crippen molar-refractivity contribution in [2.45, 2.75) is 34.2 Å². The zero-order valence-electron chi connectivity index (χ0n) is 17.0. The number of hydrogen-bond donors (Lipinski definition) is 2. The summed E-state index contributed by atoms with van der Waals surface area (Å²) in [5.74, 6) is -0.100. The van der Waals surface area contributed by atoms with E-state index in [0.717, 1.165) is 36.3 Å². The number of carbonyl (C=O) groups is 2. The third kappa shape index (κ3) is 6.09. The van der Waals surface area contributed by atoms with Gasteiger partial charge in [0.15, 0.2) is 6.61 Å². The average Bonchev–Trinajstić information content (AvgIpc) is 2.70. The highest BCUT2D eigenvalue weighted by Gasteiger charge is 2.10. The second kappa shape index (κ2) is 10.5. The molecule has 2 amide bonds. The fourth-order valence-corrected chi connectivity index (χ4v) is 2.87. The SMILES string of the molecule is CCN(CC)Cc1ccc(C(=O)NNC(=O)COc2c(C)cccc2C)cc1. The Kier molecular flexibility index (Phi) is 8.02. The first-order valence-corrected chi connectivity index (χ1v) is 9.54. The third-order valence-electron chi connectivity index (χ3n) is 4.59. The molecule has 2 rings (SSSR count). The van der Waals surface area contributed by atoms with Crippen molar-refractivity contribution in [2.75, 3.05) is 19.7 Å². The van der Waals surface area contributed by atoms with Gasteiger partial charge in [0.2, 0.25) is 0 Å². The van der Waals surface area contributed by atoms with Crippen molar-refractivity contribution in [2.24, 2.45) is 0 Å². The van der Waals surface area contributed by atoms with Crippen molar-refractivity contribution in [1.82, 2.24) is 15.8 Å². The molecule has 2 aromatic carbocycles. The molecule has 2 N–H and O–H groups in total. The molecule has 0 radical (unpaired) electrons. The number of amides is 2. The number of nitrogens with one attached hydrogen (secondary N) is 2. The van der Waals surface area contributed by atoms with Gasteiger partial charge in [0.25, 0.3) is 11.8 Å². The fourth-order valence-electron chi connectivity index (χ4n) is 2.87. The first-order valence-electron chi connectivity index (χ1n) is 9.54. The molecule has 0 saturated carbocycles. The molecule has 0 spiro atoms. The Bertz CT molecular complexity index is 779. The lowest BCUT2D eigenvalue weighted by Crippen LogP contribution is -2.43. The van der Waals surface area contributed by atoms with Crippen LogP contribution >= 0.6 is 0 Å². The quantitative estimate of drug-likeness (QED) is 0.688. The molecule has 0 aliphatic rings. The van der Waals surface area contributed by atoms with Crippen LogP contribution in [0.25, 0.3) is 0 Å². The van der Waals surface area contributed by atoms with E-state index in [-0.39, 0.29) is 12.5 Å². The molecular weight excluding hydrogens is 354 g/mol. The number of ether oxygens (including phenoxy) is 1. The van der Waals surface area contributed by atoms with Crippen molar-refractivity contribution >= 4 is 11.8 Å². The molecule has 0 saturated heterocycles. The first kappa shape index (κ1) is 21.4. The minimum atomic E-state index is -0.422. The molecule has 6 heteroatoms. The van der Waals surface area contributed by atoms with Crippen LogP contribution in [0.4, 0.5) is 0 Å². The van der Waals surface area contributed by atoms with Crippen LogP contribution in [0.3, 0.4) is 0 Å². The van der Waals surface area contributed by atoms with E-state index in [1.54, 1.807) is 12.1 Å². The summed E-state index contributed by atoms with van der Waals surface area (Å²) in [5.41, 5.74) is 8.35. The molecule has 2 aromatic rings. The Labute approximate surface area is 166 Å². The number of nitrogens with zero attached hydrogens (tertiary/aromatic N) is 1. The van der Waals surface area contributed by atoms with Crippen LogP contribution in [0.2, 0.25) is 0 Å². The van der Waals surface area contributed by atoms with E-state index in [9.17, 15) is 9.59 Å². The predicted molar refractivity (Wildman–Crippen MR) is 110 cm³/mol. The molecule has 0 aromatic heterocycles. The highest BCUT2D eigenvalue weighted by molar-refractivity contribution is 5.95. The van der Waals surface area contributed by atoms with E-state index in [1.165, 1.54) is 0 Å². The Morgan fingerprint density at radius 3 is 2.11 bits per heavy atom. The van der Waals surface area contributed by atoms with Crippen molar-refractivity contribution in [1.29, 1.82) is 0 Å². The van der Waals surface area contributed by atoms with Gasteiger partial charge in [0.05, 0.1) is 0 Å². The van der Waals surface area contributed by atoms with Gasteiger partial charge in [-0.25, -0.2) is 0 Å². The average molecular weight is 383 g/mol. The summed E-state index contributed by atoms with van der Waals surface area (Å²) >= 11 is 0. The van der Waals surface area contributed by atoms with Crippen LogP contribution in [0, 0.1) is 13.8 Å². The standard InChI is InChI=1S/C22H29N3O3/c1-5-25(6-2)14-18-10-12-19(13-11-18)22(27)24-23-20(26)15-28-21-16(3)8-7-9-17(21)4/h7-13H,5-6,14-15H2,1-4H3,(H,23,26)(H,24,27). The van der Waals surface area contributed by atoms with Crippen molar-refractivity contribution in [3.05, 3.63) is 64.7 Å². The number of carbonyl (C=O) groups excluding carboxylic acids is 2. The van der Waals surface area contributed by atoms with Crippen LogP contribution in [-0.4, -0.2) is 36.4 Å². The van der Waals surface area contributed by atoms with Crippen LogP contribution in [0.5, 0.6) is 5.75 Å². The van der Waals surface area contributed by atoms with Gasteiger partial charge in [-0.05, 0) is 55.8 Å². The molecule has 0 bridgehead atoms. The highest BCUT2D eigenvalue weighted by Crippen LogP contribution is 2.21. The highest BCUT2D eigenvalue weighted by atomic mass is 16.5. The van der Waals surface area contributed by atoms with Crippen LogP contribution in [0.15, 0.2) is 42.5 Å². The Morgan fingerprint density at radius 1 is 0.929 bits per heavy atom. The normalized spacial score (nSPS) is 10.6. The monoisotopic (exact) mass is 383 g/mol. The zero-order chi connectivity index (χ0) is 20.5. The maximum Gasteiger partial charge on any atom is 0.276 e. The summed E-state index contributed by atoms with van der Waals surface area (Å²) in [4.78, 5) is 26.5. The van der Waals surface area contributed by atoms with Crippen molar-refractivity contribution < 1.29 is 14.3 Å². The summed E-state index contributed by atoms with van der Waals surface area (Å²) < 4.78 is 5.57. The van der Waals surface area contributed by atoms with Gasteiger partial charge in [-0.3, -0.25) is 25.3 Å². The summed E-state index contributed by atoms with van der Waals surface area (Å²) in [5, 5.41) is 0. The number of benzene rings is 2. The molecule has 28 heavy (non-hydrogen) atoms. The Balaban J connectivity index is 1.82. The van der Waals surface area contributed by atoms with E-state index in [2.05, 4.69) is 29.6 Å². The van der Waals surface area contributed by atoms with Gasteiger partial charge in [0.1, 0.15) is 5.75 Å². The molecule has 0 unspecified atom stereocenters. The van der Waals surface area contributed by atoms with Gasteiger partial charge in [-0.15, -0.1) is 0 Å². The molecule has 0 fully saturated rings. The smallest absolute Gasteiger partial charge is 0.276 e. The van der Waals surface area contributed by atoms with Gasteiger partial charge in [0, 0.05) is 12.1 Å². The zero-order valence-corrected chi connectivity index (χ0v) is 17.0. The summed E-state index contributed by atoms with van der Waals surface area (Å²) in [6.45, 7) is 10.7. The van der Waals surface area contributed by atoms with E-state index < -0.39 is 5.91 Å². The molecule has 0 heterocycles. The minimum absolute atomic E-state index is 0.172. The van der Waals surface area contributed by atoms with Gasteiger partial charge >= 0.3 is 0 Å². The van der Waals surface area contributed by atoms with E-state index in [0.29, 0.717) is 11.3 Å². The lowest BCUT2D eigenvalue weighted by Gasteiger charge is -2.18. The molecule has 150 valence electrons. The van der Waals surface area contributed by atoms with E-state index in [4.69, 9.17) is 4.74 Å². The number of rotatable bonds is 8. The Morgan fingerprint density at radius 2 is 1.54 bits per heavy atom. The predicted octanol–water partition coefficient (Wildman–Crippen LogP) is 2.99. The number of para-hydroxylation sites is 1. The third-order valence-corrected chi connectivity index (χ3v) is 4.59. The van der Waals surface area contributed by atoms with Crippen LogP contribution in [-0.2, 0) is 11.3 Å². The molecule has 0 aliphatic heterocycles. The van der Waals surface area contributed by atoms with Crippen molar-refractivity contribution in [3.63, 3.8) is 0 Å². The van der Waals surface area contributed by atoms with E-state index >= 15 is 0 Å². The summed E-state index contributed by atoms with van der Waals surface area (Å²) in [7, 11) is 0. The Hall–Kier alpha value is -2.86. The number of hydrogen-bond acceptors (Lipinski definition) is 4. The number of hydrazine groups is 1. The number of aryl methyl sites for hydroxylation is 2. The van der Waals surface area contributed by atoms with Crippen molar-refractivity contribution in [3.8, 4) is 5.75 Å².